The SMILES string of the molecule is CC1(Br)C(=O)C(Br)=C(Br)C(=NS(=O)(=O)c2ccccc2)C1Br. The number of rotatable bonds is 2. The van der Waals surface area contributed by atoms with Gasteiger partial charge < -0.3 is 0 Å². The summed E-state index contributed by atoms with van der Waals surface area (Å²) in [5, 5.41) is 0. The van der Waals surface area contributed by atoms with Crippen LogP contribution < -0.4 is 0 Å². The molecule has 2 rings (SSSR count). The molecule has 1 aromatic carbocycles. The van der Waals surface area contributed by atoms with Crippen molar-refractivity contribution in [2.24, 2.45) is 4.40 Å². The first-order chi connectivity index (χ1) is 10.1. The molecule has 0 aliphatic heterocycles. The highest BCUT2D eigenvalue weighted by atomic mass is 79.9. The van der Waals surface area contributed by atoms with Crippen molar-refractivity contribution in [3.63, 3.8) is 0 Å². The molecule has 22 heavy (non-hydrogen) atoms. The lowest BCUT2D eigenvalue weighted by molar-refractivity contribution is -0.116. The van der Waals surface area contributed by atoms with Crippen LogP contribution in [0.25, 0.3) is 0 Å². The van der Waals surface area contributed by atoms with E-state index < -0.39 is 19.2 Å². The van der Waals surface area contributed by atoms with E-state index in [4.69, 9.17) is 0 Å². The van der Waals surface area contributed by atoms with Crippen molar-refractivity contribution in [2.75, 3.05) is 0 Å². The van der Waals surface area contributed by atoms with Gasteiger partial charge in [0.05, 0.1) is 24.4 Å². The second kappa shape index (κ2) is 6.58. The van der Waals surface area contributed by atoms with Gasteiger partial charge in [-0.1, -0.05) is 50.1 Å². The van der Waals surface area contributed by atoms with Crippen LogP contribution in [0.3, 0.4) is 0 Å². The van der Waals surface area contributed by atoms with Crippen LogP contribution in [0, 0.1) is 0 Å². The lowest BCUT2D eigenvalue weighted by Gasteiger charge is -2.32. The van der Waals surface area contributed by atoms with Gasteiger partial charge in [-0.15, -0.1) is 0 Å². The Hall–Kier alpha value is 0.170. The van der Waals surface area contributed by atoms with Gasteiger partial charge in [-0.3, -0.25) is 4.79 Å². The molecule has 4 nitrogen and oxygen atoms in total. The zero-order valence-electron chi connectivity index (χ0n) is 11.1. The van der Waals surface area contributed by atoms with E-state index >= 15 is 0 Å². The van der Waals surface area contributed by atoms with Gasteiger partial charge >= 0.3 is 0 Å². The van der Waals surface area contributed by atoms with Gasteiger partial charge in [0.1, 0.15) is 4.32 Å². The van der Waals surface area contributed by atoms with E-state index in [-0.39, 0.29) is 20.9 Å². The Labute approximate surface area is 162 Å². The summed E-state index contributed by atoms with van der Waals surface area (Å²) in [5.41, 5.74) is 0.217. The lowest BCUT2D eigenvalue weighted by atomic mass is 9.93. The van der Waals surface area contributed by atoms with Crippen molar-refractivity contribution >= 4 is 85.2 Å². The lowest BCUT2D eigenvalue weighted by Crippen LogP contribution is -2.46. The van der Waals surface area contributed by atoms with Gasteiger partial charge in [0, 0.05) is 0 Å². The number of hydrogen-bond donors (Lipinski definition) is 0. The third-order valence-corrected chi connectivity index (χ3v) is 9.21. The number of ketones is 1. The first-order valence-corrected chi connectivity index (χ1v) is 10.7. The summed E-state index contributed by atoms with van der Waals surface area (Å²) < 4.78 is 28.3. The number of allylic oxidation sites excluding steroid dienone is 2. The molecule has 0 spiro atoms. The number of benzene rings is 1. The fourth-order valence-corrected chi connectivity index (χ4v) is 5.73. The summed E-state index contributed by atoms with van der Waals surface area (Å²) in [6.45, 7) is 1.65. The number of nitrogens with zero attached hydrogens (tertiary/aromatic N) is 1. The molecule has 1 aromatic rings. The quantitative estimate of drug-likeness (QED) is 0.491. The number of hydrogen-bond acceptors (Lipinski definition) is 3. The monoisotopic (exact) mass is 575 g/mol. The van der Waals surface area contributed by atoms with Crippen molar-refractivity contribution in [3.8, 4) is 0 Å². The van der Waals surface area contributed by atoms with Crippen molar-refractivity contribution < 1.29 is 13.2 Å². The van der Waals surface area contributed by atoms with Gasteiger partial charge in [0.25, 0.3) is 10.0 Å². The molecule has 1 aliphatic carbocycles. The second-order valence-corrected chi connectivity index (χ2v) is 10.4. The predicted molar refractivity (Wildman–Crippen MR) is 101 cm³/mol. The average molecular weight is 579 g/mol. The summed E-state index contributed by atoms with van der Waals surface area (Å²) in [7, 11) is -3.88. The molecule has 0 saturated carbocycles. The van der Waals surface area contributed by atoms with E-state index in [2.05, 4.69) is 68.1 Å². The van der Waals surface area contributed by atoms with Gasteiger partial charge in [-0.05, 0) is 50.9 Å². The third-order valence-electron chi connectivity index (χ3n) is 3.04. The first kappa shape index (κ1) is 18.5. The molecule has 2 atom stereocenters. The Bertz CT molecular complexity index is 785. The maximum absolute atomic E-state index is 12.4. The minimum atomic E-state index is -3.88. The van der Waals surface area contributed by atoms with Gasteiger partial charge in [-0.2, -0.15) is 12.8 Å². The van der Waals surface area contributed by atoms with Crippen molar-refractivity contribution in [3.05, 3.63) is 39.3 Å². The van der Waals surface area contributed by atoms with Crippen LogP contribution in [0.2, 0.25) is 0 Å². The molecule has 0 heterocycles. The molecule has 2 unspecified atom stereocenters. The Kier molecular flexibility index (Phi) is 5.54. The number of halogens is 4. The van der Waals surface area contributed by atoms with Crippen molar-refractivity contribution in [1.29, 1.82) is 0 Å². The average Bonchev–Trinajstić information content (AvgIpc) is 2.49. The van der Waals surface area contributed by atoms with Crippen molar-refractivity contribution in [1.82, 2.24) is 0 Å². The summed E-state index contributed by atoms with van der Waals surface area (Å²) in [5.74, 6) is -0.211. The van der Waals surface area contributed by atoms with E-state index in [1.165, 1.54) is 12.1 Å². The summed E-state index contributed by atoms with van der Waals surface area (Å²) in [6, 6.07) is 7.91. The number of carbonyl (C=O) groups excluding carboxylic acids is 1. The van der Waals surface area contributed by atoms with E-state index in [0.29, 0.717) is 4.48 Å². The van der Waals surface area contributed by atoms with E-state index in [1.54, 1.807) is 25.1 Å². The molecule has 9 heteroatoms. The van der Waals surface area contributed by atoms with Gasteiger partial charge in [0.2, 0.25) is 0 Å². The van der Waals surface area contributed by atoms with Gasteiger partial charge in [-0.25, -0.2) is 0 Å². The van der Waals surface area contributed by atoms with E-state index in [1.807, 2.05) is 0 Å². The molecule has 0 amide bonds. The largest absolute Gasteiger partial charge is 0.292 e. The maximum Gasteiger partial charge on any atom is 0.282 e. The highest BCUT2D eigenvalue weighted by Gasteiger charge is 2.47. The Morgan fingerprint density at radius 2 is 1.68 bits per heavy atom. The highest BCUT2D eigenvalue weighted by Crippen LogP contribution is 2.43. The third kappa shape index (κ3) is 3.33. The molecule has 0 fully saturated rings. The summed E-state index contributed by atoms with van der Waals surface area (Å²) >= 11 is 13.1. The minimum absolute atomic E-state index is 0.0896. The molecule has 0 aromatic heterocycles. The number of Topliss-reactive ketones (excluding diaryl/α,β-unsaturated/α-hetero) is 1. The molecular formula is C13H9Br4NO3S. The maximum atomic E-state index is 12.4. The van der Waals surface area contributed by atoms with Crippen LogP contribution in [0.15, 0.2) is 48.6 Å². The van der Waals surface area contributed by atoms with Crippen LogP contribution in [0.1, 0.15) is 6.92 Å². The Balaban J connectivity index is 2.63. The Morgan fingerprint density at radius 1 is 1.14 bits per heavy atom. The fourth-order valence-electron chi connectivity index (χ4n) is 1.77. The fraction of sp³-hybridized carbons (Fsp3) is 0.231. The molecule has 1 aliphatic rings. The molecule has 0 bridgehead atoms. The van der Waals surface area contributed by atoms with Crippen LogP contribution in [-0.4, -0.2) is 29.1 Å². The molecule has 118 valence electrons. The molecule has 0 radical (unpaired) electrons. The normalized spacial score (nSPS) is 28.3. The van der Waals surface area contributed by atoms with Gasteiger partial charge in [0.15, 0.2) is 5.78 Å². The number of sulfonamides is 1. The van der Waals surface area contributed by atoms with E-state index in [9.17, 15) is 13.2 Å². The predicted octanol–water partition coefficient (Wildman–Crippen LogP) is 4.32. The van der Waals surface area contributed by atoms with Crippen LogP contribution in [0.4, 0.5) is 0 Å². The molecular weight excluding hydrogens is 570 g/mol. The zero-order chi connectivity index (χ0) is 16.7. The number of alkyl halides is 2. The highest BCUT2D eigenvalue weighted by molar-refractivity contribution is 9.15. The Morgan fingerprint density at radius 3 is 2.23 bits per heavy atom. The standard InChI is InChI=1S/C13H9Br4NO3S/c1-13(17)11(16)10(8(14)9(15)12(13)19)18-22(20,21)7-5-3-2-4-6-7/h2-6,11H,1H3. The second-order valence-electron chi connectivity index (χ2n) is 4.66. The van der Waals surface area contributed by atoms with Crippen molar-refractivity contribution in [2.45, 2.75) is 21.0 Å². The molecule has 0 N–H and O–H groups in total. The first-order valence-electron chi connectivity index (χ1n) is 5.92. The van der Waals surface area contributed by atoms with E-state index in [0.717, 1.165) is 0 Å². The molecule has 0 saturated heterocycles. The zero-order valence-corrected chi connectivity index (χ0v) is 18.2. The van der Waals surface area contributed by atoms with Crippen LogP contribution in [-0.2, 0) is 14.8 Å². The summed E-state index contributed by atoms with van der Waals surface area (Å²) in [4.78, 5) is 11.7. The van der Waals surface area contributed by atoms with Crippen LogP contribution in [0.5, 0.6) is 0 Å². The summed E-state index contributed by atoms with van der Waals surface area (Å²) in [6.07, 6.45) is 0. The smallest absolute Gasteiger partial charge is 0.282 e. The topological polar surface area (TPSA) is 63.6 Å². The van der Waals surface area contributed by atoms with Crippen LogP contribution >= 0.6 is 63.7 Å². The number of carbonyl (C=O) groups is 1. The minimum Gasteiger partial charge on any atom is -0.292 e.